The van der Waals surface area contributed by atoms with E-state index in [4.69, 9.17) is 11.0 Å². The van der Waals surface area contributed by atoms with E-state index in [1.54, 1.807) is 0 Å². The molecule has 0 heterocycles. The van der Waals surface area contributed by atoms with E-state index in [9.17, 15) is 0 Å². The van der Waals surface area contributed by atoms with Gasteiger partial charge in [0.25, 0.3) is 0 Å². The second kappa shape index (κ2) is 5.38. The lowest BCUT2D eigenvalue weighted by molar-refractivity contribution is 0.801. The van der Waals surface area contributed by atoms with Gasteiger partial charge in [0.15, 0.2) is 0 Å². The van der Waals surface area contributed by atoms with Gasteiger partial charge >= 0.3 is 0 Å². The number of benzene rings is 1. The molecule has 2 N–H and O–H groups in total. The minimum absolute atomic E-state index is 0.0192. The molecule has 1 unspecified atom stereocenters. The van der Waals surface area contributed by atoms with Crippen LogP contribution in [0.25, 0.3) is 0 Å². The first-order valence-electron chi connectivity index (χ1n) is 5.09. The topological polar surface area (TPSA) is 53.0 Å². The molecule has 0 aliphatic rings. The van der Waals surface area contributed by atoms with Crippen molar-refractivity contribution in [2.75, 3.05) is 18.5 Å². The number of rotatable bonds is 4. The van der Waals surface area contributed by atoms with Crippen molar-refractivity contribution in [3.05, 3.63) is 29.8 Å². The molecule has 0 radical (unpaired) electrons. The molecule has 1 atom stereocenters. The normalized spacial score (nSPS) is 11.9. The van der Waals surface area contributed by atoms with Crippen LogP contribution in [0.1, 0.15) is 24.9 Å². The zero-order valence-electron chi connectivity index (χ0n) is 9.27. The molecular weight excluding hydrogens is 186 g/mol. The van der Waals surface area contributed by atoms with Gasteiger partial charge in [0, 0.05) is 25.3 Å². The van der Waals surface area contributed by atoms with Crippen LogP contribution in [0, 0.1) is 11.3 Å². The van der Waals surface area contributed by atoms with Crippen molar-refractivity contribution in [1.29, 1.82) is 5.26 Å². The van der Waals surface area contributed by atoms with E-state index in [2.05, 4.69) is 11.0 Å². The van der Waals surface area contributed by atoms with Crippen LogP contribution in [0.4, 0.5) is 5.69 Å². The molecule has 15 heavy (non-hydrogen) atoms. The molecule has 1 rings (SSSR count). The summed E-state index contributed by atoms with van der Waals surface area (Å²) in [5.41, 5.74) is 8.13. The number of para-hydroxylation sites is 1. The maximum absolute atomic E-state index is 8.54. The monoisotopic (exact) mass is 203 g/mol. The van der Waals surface area contributed by atoms with Gasteiger partial charge in [-0.05, 0) is 18.6 Å². The predicted molar refractivity (Wildman–Crippen MR) is 62.5 cm³/mol. The lowest BCUT2D eigenvalue weighted by Crippen LogP contribution is -2.21. The van der Waals surface area contributed by atoms with Gasteiger partial charge < -0.3 is 10.6 Å². The van der Waals surface area contributed by atoms with Crippen molar-refractivity contribution in [2.45, 2.75) is 19.4 Å². The van der Waals surface area contributed by atoms with Gasteiger partial charge in [-0.2, -0.15) is 5.26 Å². The Hall–Kier alpha value is -1.53. The molecule has 0 saturated carbocycles. The highest BCUT2D eigenvalue weighted by Crippen LogP contribution is 2.23. The molecule has 0 spiro atoms. The van der Waals surface area contributed by atoms with Gasteiger partial charge in [0.2, 0.25) is 0 Å². The summed E-state index contributed by atoms with van der Waals surface area (Å²) in [4.78, 5) is 2.07. The third kappa shape index (κ3) is 2.97. The summed E-state index contributed by atoms with van der Waals surface area (Å²) >= 11 is 0. The van der Waals surface area contributed by atoms with Gasteiger partial charge in [-0.15, -0.1) is 0 Å². The number of hydrogen-bond donors (Lipinski definition) is 1. The van der Waals surface area contributed by atoms with Crippen LogP contribution in [0.3, 0.4) is 0 Å². The Kier molecular flexibility index (Phi) is 4.14. The molecule has 3 heteroatoms. The van der Waals surface area contributed by atoms with E-state index in [1.165, 1.54) is 0 Å². The van der Waals surface area contributed by atoms with Crippen molar-refractivity contribution in [3.63, 3.8) is 0 Å². The van der Waals surface area contributed by atoms with Crippen LogP contribution in [-0.4, -0.2) is 13.6 Å². The molecule has 0 aromatic heterocycles. The Balaban J connectivity index is 2.88. The van der Waals surface area contributed by atoms with Crippen molar-refractivity contribution in [1.82, 2.24) is 0 Å². The number of nitrogens with two attached hydrogens (primary N) is 1. The van der Waals surface area contributed by atoms with Crippen LogP contribution in [0.15, 0.2) is 24.3 Å². The fourth-order valence-electron chi connectivity index (χ4n) is 1.56. The number of nitrogens with zero attached hydrogens (tertiary/aromatic N) is 2. The molecule has 80 valence electrons. The fraction of sp³-hybridized carbons (Fsp3) is 0.417. The van der Waals surface area contributed by atoms with Crippen LogP contribution in [-0.2, 0) is 0 Å². The average molecular weight is 203 g/mol. The lowest BCUT2D eigenvalue weighted by atomic mass is 10.1. The summed E-state index contributed by atoms with van der Waals surface area (Å²) in [5, 5.41) is 8.54. The van der Waals surface area contributed by atoms with Gasteiger partial charge in [-0.25, -0.2) is 0 Å². The quantitative estimate of drug-likeness (QED) is 0.814. The van der Waals surface area contributed by atoms with Gasteiger partial charge in [-0.3, -0.25) is 0 Å². The molecule has 1 aromatic carbocycles. The third-order valence-electron chi connectivity index (χ3n) is 2.40. The zero-order valence-corrected chi connectivity index (χ0v) is 9.27. The first-order chi connectivity index (χ1) is 7.16. The zero-order chi connectivity index (χ0) is 11.3. The summed E-state index contributed by atoms with van der Waals surface area (Å²) in [6.45, 7) is 2.71. The predicted octanol–water partition coefficient (Wildman–Crippen LogP) is 2.06. The van der Waals surface area contributed by atoms with Gasteiger partial charge in [0.1, 0.15) is 0 Å². The number of nitriles is 1. The molecule has 0 fully saturated rings. The van der Waals surface area contributed by atoms with E-state index in [1.807, 2.05) is 38.2 Å². The highest BCUT2D eigenvalue weighted by atomic mass is 15.1. The lowest BCUT2D eigenvalue weighted by Gasteiger charge is -2.22. The standard InChI is InChI=1S/C12H17N3/c1-10(14)11-6-3-4-7-12(11)15(2)9-5-8-13/h3-4,6-7,10H,5,9,14H2,1-2H3. The van der Waals surface area contributed by atoms with E-state index in [0.29, 0.717) is 6.42 Å². The smallest absolute Gasteiger partial charge is 0.0640 e. The Morgan fingerprint density at radius 3 is 2.73 bits per heavy atom. The molecule has 0 bridgehead atoms. The Morgan fingerprint density at radius 1 is 1.47 bits per heavy atom. The third-order valence-corrected chi connectivity index (χ3v) is 2.40. The second-order valence-electron chi connectivity index (χ2n) is 3.68. The molecular formula is C12H17N3. The Morgan fingerprint density at radius 2 is 2.13 bits per heavy atom. The number of hydrogen-bond acceptors (Lipinski definition) is 3. The Labute approximate surface area is 91.1 Å². The minimum Gasteiger partial charge on any atom is -0.373 e. The van der Waals surface area contributed by atoms with Gasteiger partial charge in [-0.1, -0.05) is 18.2 Å². The maximum atomic E-state index is 8.54. The molecule has 3 nitrogen and oxygen atoms in total. The summed E-state index contributed by atoms with van der Waals surface area (Å²) in [5.74, 6) is 0. The fourth-order valence-corrected chi connectivity index (χ4v) is 1.56. The first-order valence-corrected chi connectivity index (χ1v) is 5.09. The van der Waals surface area contributed by atoms with Crippen LogP contribution < -0.4 is 10.6 Å². The molecule has 1 aromatic rings. The number of anilines is 1. The van der Waals surface area contributed by atoms with Crippen molar-refractivity contribution in [2.24, 2.45) is 5.73 Å². The molecule has 0 amide bonds. The van der Waals surface area contributed by atoms with Crippen molar-refractivity contribution in [3.8, 4) is 6.07 Å². The summed E-state index contributed by atoms with van der Waals surface area (Å²) in [6, 6.07) is 10.2. The van der Waals surface area contributed by atoms with Crippen LogP contribution >= 0.6 is 0 Å². The van der Waals surface area contributed by atoms with E-state index >= 15 is 0 Å². The van der Waals surface area contributed by atoms with Crippen molar-refractivity contribution < 1.29 is 0 Å². The van der Waals surface area contributed by atoms with Gasteiger partial charge in [0.05, 0.1) is 12.5 Å². The highest BCUT2D eigenvalue weighted by molar-refractivity contribution is 5.54. The Bertz CT molecular complexity index is 352. The van der Waals surface area contributed by atoms with Crippen molar-refractivity contribution >= 4 is 5.69 Å². The SMILES string of the molecule is CC(N)c1ccccc1N(C)CCC#N. The molecule has 0 aliphatic carbocycles. The van der Waals surface area contributed by atoms with E-state index in [0.717, 1.165) is 17.8 Å². The minimum atomic E-state index is 0.0192. The largest absolute Gasteiger partial charge is 0.373 e. The first kappa shape index (κ1) is 11.5. The van der Waals surface area contributed by atoms with E-state index in [-0.39, 0.29) is 6.04 Å². The molecule has 0 saturated heterocycles. The highest BCUT2D eigenvalue weighted by Gasteiger charge is 2.09. The maximum Gasteiger partial charge on any atom is 0.0640 e. The molecule has 0 aliphatic heterocycles. The summed E-state index contributed by atoms with van der Waals surface area (Å²) < 4.78 is 0. The van der Waals surface area contributed by atoms with E-state index < -0.39 is 0 Å². The van der Waals surface area contributed by atoms with Crippen LogP contribution in [0.5, 0.6) is 0 Å². The van der Waals surface area contributed by atoms with Crippen LogP contribution in [0.2, 0.25) is 0 Å². The second-order valence-corrected chi connectivity index (χ2v) is 3.68. The summed E-state index contributed by atoms with van der Waals surface area (Å²) in [7, 11) is 1.98. The summed E-state index contributed by atoms with van der Waals surface area (Å²) in [6.07, 6.45) is 0.532. The average Bonchev–Trinajstić information content (AvgIpc) is 2.25.